The largest absolute Gasteiger partial charge is 0.480 e. The molecule has 0 aromatic carbocycles. The second-order valence-corrected chi connectivity index (χ2v) is 6.79. The molecule has 0 saturated heterocycles. The maximum absolute atomic E-state index is 13.0. The number of carboxylic acid groups (broad SMARTS) is 1. The van der Waals surface area contributed by atoms with E-state index in [2.05, 4.69) is 4.98 Å². The van der Waals surface area contributed by atoms with Crippen molar-refractivity contribution in [1.82, 2.24) is 9.38 Å². The zero-order valence-corrected chi connectivity index (χ0v) is 12.5. The van der Waals surface area contributed by atoms with Gasteiger partial charge in [0, 0.05) is 0 Å². The highest BCUT2D eigenvalue weighted by Crippen LogP contribution is 2.39. The summed E-state index contributed by atoms with van der Waals surface area (Å²) in [6, 6.07) is 2.07. The molecule has 1 N–H and O–H groups in total. The van der Waals surface area contributed by atoms with Crippen molar-refractivity contribution in [3.05, 3.63) is 29.2 Å². The minimum atomic E-state index is -4.59. The van der Waals surface area contributed by atoms with Crippen LogP contribution < -0.4 is 0 Å². The van der Waals surface area contributed by atoms with Crippen LogP contribution in [-0.2, 0) is 11.0 Å². The average Bonchev–Trinajstić information content (AvgIpc) is 2.70. The molecule has 0 saturated carbocycles. The second kappa shape index (κ2) is 5.10. The zero-order valence-electron chi connectivity index (χ0n) is 10.9. The molecule has 0 spiro atoms. The third-order valence-corrected chi connectivity index (χ3v) is 4.23. The van der Waals surface area contributed by atoms with E-state index in [1.165, 1.54) is 19.9 Å². The van der Waals surface area contributed by atoms with Crippen LogP contribution in [0, 0.1) is 0 Å². The first kappa shape index (κ1) is 16.0. The summed E-state index contributed by atoms with van der Waals surface area (Å²) in [6.07, 6.45) is -3.49. The SMILES string of the molecule is CC(C)(Sc1ccc(C(F)(F)F)n2c(Cl)cnc12)C(=O)O. The minimum absolute atomic E-state index is 0.0193. The normalized spacial score (nSPS) is 12.9. The first-order valence-corrected chi connectivity index (χ1v) is 6.89. The quantitative estimate of drug-likeness (QED) is 0.861. The van der Waals surface area contributed by atoms with Gasteiger partial charge in [-0.1, -0.05) is 11.6 Å². The van der Waals surface area contributed by atoms with Crippen LogP contribution in [0.5, 0.6) is 0 Å². The molecule has 0 aliphatic heterocycles. The molecule has 0 radical (unpaired) electrons. The first-order chi connectivity index (χ1) is 9.54. The van der Waals surface area contributed by atoms with E-state index in [9.17, 15) is 18.0 Å². The number of aromatic nitrogens is 2. The van der Waals surface area contributed by atoms with Gasteiger partial charge in [-0.3, -0.25) is 9.20 Å². The van der Waals surface area contributed by atoms with Crippen molar-refractivity contribution in [3.63, 3.8) is 0 Å². The monoisotopic (exact) mass is 338 g/mol. The van der Waals surface area contributed by atoms with Crippen molar-refractivity contribution in [3.8, 4) is 0 Å². The van der Waals surface area contributed by atoms with Gasteiger partial charge in [-0.2, -0.15) is 13.2 Å². The molecular weight excluding hydrogens is 329 g/mol. The molecule has 2 aromatic rings. The molecule has 9 heteroatoms. The number of aliphatic carboxylic acids is 1. The van der Waals surface area contributed by atoms with Crippen LogP contribution in [0.4, 0.5) is 13.2 Å². The lowest BCUT2D eigenvalue weighted by molar-refractivity contribution is -0.142. The lowest BCUT2D eigenvalue weighted by Crippen LogP contribution is -2.27. The molecule has 0 unspecified atom stereocenters. The fourth-order valence-electron chi connectivity index (χ4n) is 1.66. The molecule has 0 aliphatic carbocycles. The van der Waals surface area contributed by atoms with Crippen LogP contribution in [0.3, 0.4) is 0 Å². The number of carboxylic acids is 1. The number of alkyl halides is 3. The Hall–Kier alpha value is -1.41. The minimum Gasteiger partial charge on any atom is -0.480 e. The van der Waals surface area contributed by atoms with E-state index in [1.54, 1.807) is 0 Å². The Morgan fingerprint density at radius 3 is 2.52 bits per heavy atom. The van der Waals surface area contributed by atoms with Gasteiger partial charge in [-0.15, -0.1) is 11.8 Å². The molecule has 0 bridgehead atoms. The summed E-state index contributed by atoms with van der Waals surface area (Å²) in [7, 11) is 0. The number of hydrogen-bond donors (Lipinski definition) is 1. The van der Waals surface area contributed by atoms with Crippen LogP contribution in [0.2, 0.25) is 5.15 Å². The Balaban J connectivity index is 2.62. The topological polar surface area (TPSA) is 54.6 Å². The van der Waals surface area contributed by atoms with E-state index >= 15 is 0 Å². The third kappa shape index (κ3) is 2.96. The van der Waals surface area contributed by atoms with Crippen molar-refractivity contribution in [2.24, 2.45) is 0 Å². The average molecular weight is 339 g/mol. The van der Waals surface area contributed by atoms with Crippen LogP contribution in [-0.4, -0.2) is 25.2 Å². The van der Waals surface area contributed by atoms with Crippen molar-refractivity contribution in [2.45, 2.75) is 29.7 Å². The molecule has 2 rings (SSSR count). The summed E-state index contributed by atoms with van der Waals surface area (Å²) in [5.41, 5.74) is -0.980. The van der Waals surface area contributed by atoms with Gasteiger partial charge in [0.15, 0.2) is 5.65 Å². The number of nitrogens with zero attached hydrogens (tertiary/aromatic N) is 2. The summed E-state index contributed by atoms with van der Waals surface area (Å²) < 4.78 is 38.5. The third-order valence-electron chi connectivity index (χ3n) is 2.74. The van der Waals surface area contributed by atoms with Gasteiger partial charge in [0.05, 0.1) is 11.1 Å². The van der Waals surface area contributed by atoms with E-state index < -0.39 is 22.6 Å². The van der Waals surface area contributed by atoms with Crippen LogP contribution in [0.15, 0.2) is 23.2 Å². The van der Waals surface area contributed by atoms with E-state index in [4.69, 9.17) is 16.7 Å². The number of thioether (sulfide) groups is 1. The number of hydrogen-bond acceptors (Lipinski definition) is 3. The maximum atomic E-state index is 13.0. The predicted octanol–water partition coefficient (Wildman–Crippen LogP) is 3.96. The van der Waals surface area contributed by atoms with Gasteiger partial charge in [0.25, 0.3) is 0 Å². The van der Waals surface area contributed by atoms with Crippen molar-refractivity contribution >= 4 is 35.0 Å². The number of halogens is 4. The fourth-order valence-corrected chi connectivity index (χ4v) is 2.89. The molecule has 4 nitrogen and oxygen atoms in total. The summed E-state index contributed by atoms with van der Waals surface area (Å²) >= 11 is 6.67. The predicted molar refractivity (Wildman–Crippen MR) is 72.8 cm³/mol. The fraction of sp³-hybridized carbons (Fsp3) is 0.333. The van der Waals surface area contributed by atoms with E-state index in [1.807, 2.05) is 0 Å². The first-order valence-electron chi connectivity index (χ1n) is 5.69. The number of pyridine rings is 1. The number of carbonyl (C=O) groups is 1. The van der Waals surface area contributed by atoms with Crippen molar-refractivity contribution in [2.75, 3.05) is 0 Å². The molecule has 114 valence electrons. The zero-order chi connectivity index (χ0) is 16.0. The summed E-state index contributed by atoms with van der Waals surface area (Å²) in [5, 5.41) is 8.92. The molecule has 2 heterocycles. The van der Waals surface area contributed by atoms with Crippen molar-refractivity contribution < 1.29 is 23.1 Å². The highest BCUT2D eigenvalue weighted by atomic mass is 35.5. The smallest absolute Gasteiger partial charge is 0.431 e. The van der Waals surface area contributed by atoms with Crippen LogP contribution >= 0.6 is 23.4 Å². The molecule has 21 heavy (non-hydrogen) atoms. The maximum Gasteiger partial charge on any atom is 0.431 e. The molecule has 0 fully saturated rings. The summed E-state index contributed by atoms with van der Waals surface area (Å²) in [4.78, 5) is 15.3. The Morgan fingerprint density at radius 1 is 1.38 bits per heavy atom. The number of fused-ring (bicyclic) bond motifs is 1. The highest BCUT2D eigenvalue weighted by molar-refractivity contribution is 8.01. The van der Waals surface area contributed by atoms with Gasteiger partial charge >= 0.3 is 12.1 Å². The second-order valence-electron chi connectivity index (χ2n) is 4.74. The van der Waals surface area contributed by atoms with Crippen LogP contribution in [0.1, 0.15) is 19.5 Å². The molecule has 0 amide bonds. The van der Waals surface area contributed by atoms with Gasteiger partial charge in [-0.25, -0.2) is 4.98 Å². The molecular formula is C12H10ClF3N2O2S. The molecule has 0 aliphatic rings. The van der Waals surface area contributed by atoms with Gasteiger partial charge in [0.2, 0.25) is 0 Å². The van der Waals surface area contributed by atoms with Gasteiger partial charge in [0.1, 0.15) is 15.6 Å². The Bertz CT molecular complexity index is 712. The van der Waals surface area contributed by atoms with Gasteiger partial charge < -0.3 is 5.11 Å². The molecule has 2 aromatic heterocycles. The van der Waals surface area contributed by atoms with E-state index in [-0.39, 0.29) is 10.8 Å². The van der Waals surface area contributed by atoms with E-state index in [0.717, 1.165) is 28.4 Å². The standard InChI is InChI=1S/C12H10ClF3N2O2S/c1-11(2,10(19)20)21-6-3-4-7(12(14,15)16)18-8(13)5-17-9(6)18/h3-5H,1-2H3,(H,19,20). The van der Waals surface area contributed by atoms with E-state index in [0.29, 0.717) is 4.90 Å². The highest BCUT2D eigenvalue weighted by Gasteiger charge is 2.36. The Morgan fingerprint density at radius 2 is 2.00 bits per heavy atom. The lowest BCUT2D eigenvalue weighted by Gasteiger charge is -2.19. The number of imidazole rings is 1. The van der Waals surface area contributed by atoms with Crippen molar-refractivity contribution in [1.29, 1.82) is 0 Å². The Labute approximate surface area is 126 Å². The Kier molecular flexibility index (Phi) is 3.88. The van der Waals surface area contributed by atoms with Crippen LogP contribution in [0.25, 0.3) is 5.65 Å². The lowest BCUT2D eigenvalue weighted by atomic mass is 10.2. The molecule has 0 atom stereocenters. The van der Waals surface area contributed by atoms with Gasteiger partial charge in [-0.05, 0) is 26.0 Å². The summed E-state index contributed by atoms with van der Waals surface area (Å²) in [6.45, 7) is 2.91. The summed E-state index contributed by atoms with van der Waals surface area (Å²) in [5.74, 6) is -1.08. The number of rotatable bonds is 3.